The maximum Gasteiger partial charge on any atom is 0.0728 e. The van der Waals surface area contributed by atoms with E-state index in [1.807, 2.05) is 16.9 Å². The standard InChI is InChI=1S/C18H25N3/c1-2-15-9-6-10-17(11-15)20-18-12-19-21(14-18)13-16-7-4-3-5-8-16/h3-5,7-8,12,14-15,17,20H,2,6,9-11,13H2,1H3. The minimum atomic E-state index is 0.623. The molecule has 1 aliphatic carbocycles. The van der Waals surface area contributed by atoms with E-state index in [-0.39, 0.29) is 0 Å². The maximum absolute atomic E-state index is 4.47. The van der Waals surface area contributed by atoms with Gasteiger partial charge in [-0.05, 0) is 24.3 Å². The van der Waals surface area contributed by atoms with Crippen LogP contribution in [0.25, 0.3) is 0 Å². The number of benzene rings is 1. The van der Waals surface area contributed by atoms with Gasteiger partial charge in [0.2, 0.25) is 0 Å². The molecule has 3 nitrogen and oxygen atoms in total. The molecule has 0 radical (unpaired) electrons. The SMILES string of the molecule is CCC1CCCC(Nc2cnn(Cc3ccccc3)c2)C1. The number of anilines is 1. The molecule has 1 N–H and O–H groups in total. The van der Waals surface area contributed by atoms with Gasteiger partial charge in [0.05, 0.1) is 18.4 Å². The lowest BCUT2D eigenvalue weighted by molar-refractivity contribution is 0.327. The summed E-state index contributed by atoms with van der Waals surface area (Å²) >= 11 is 0. The highest BCUT2D eigenvalue weighted by Gasteiger charge is 2.20. The van der Waals surface area contributed by atoms with Gasteiger partial charge in [0, 0.05) is 12.2 Å². The second-order valence-electron chi connectivity index (χ2n) is 6.19. The molecule has 0 spiro atoms. The van der Waals surface area contributed by atoms with Gasteiger partial charge in [-0.1, -0.05) is 56.5 Å². The van der Waals surface area contributed by atoms with Gasteiger partial charge in [-0.3, -0.25) is 4.68 Å². The minimum Gasteiger partial charge on any atom is -0.380 e. The predicted octanol–water partition coefficient (Wildman–Crippen LogP) is 4.31. The van der Waals surface area contributed by atoms with E-state index in [0.29, 0.717) is 6.04 Å². The van der Waals surface area contributed by atoms with Crippen molar-refractivity contribution in [1.29, 1.82) is 0 Å². The molecule has 0 amide bonds. The molecule has 1 aromatic carbocycles. The molecule has 2 unspecified atom stereocenters. The molecular formula is C18H25N3. The summed E-state index contributed by atoms with van der Waals surface area (Å²) in [4.78, 5) is 0. The Hall–Kier alpha value is -1.77. The molecule has 0 aliphatic heterocycles. The van der Waals surface area contributed by atoms with Crippen molar-refractivity contribution in [3.05, 3.63) is 48.3 Å². The quantitative estimate of drug-likeness (QED) is 0.886. The molecule has 21 heavy (non-hydrogen) atoms. The molecule has 1 aromatic heterocycles. The summed E-state index contributed by atoms with van der Waals surface area (Å²) in [5.41, 5.74) is 2.45. The van der Waals surface area contributed by atoms with E-state index in [9.17, 15) is 0 Å². The van der Waals surface area contributed by atoms with Crippen molar-refractivity contribution in [2.45, 2.75) is 51.6 Å². The van der Waals surface area contributed by atoms with Gasteiger partial charge in [0.25, 0.3) is 0 Å². The second kappa shape index (κ2) is 6.79. The predicted molar refractivity (Wildman–Crippen MR) is 87.4 cm³/mol. The summed E-state index contributed by atoms with van der Waals surface area (Å²) in [5, 5.41) is 8.14. The summed E-state index contributed by atoms with van der Waals surface area (Å²) < 4.78 is 2.01. The van der Waals surface area contributed by atoms with E-state index < -0.39 is 0 Å². The van der Waals surface area contributed by atoms with Crippen LogP contribution in [0.15, 0.2) is 42.7 Å². The molecule has 1 heterocycles. The zero-order valence-corrected chi connectivity index (χ0v) is 12.8. The van der Waals surface area contributed by atoms with Crippen LogP contribution in [-0.2, 0) is 6.54 Å². The van der Waals surface area contributed by atoms with Crippen LogP contribution in [0.4, 0.5) is 5.69 Å². The van der Waals surface area contributed by atoms with E-state index >= 15 is 0 Å². The monoisotopic (exact) mass is 283 g/mol. The van der Waals surface area contributed by atoms with Crippen molar-refractivity contribution in [2.75, 3.05) is 5.32 Å². The fourth-order valence-electron chi connectivity index (χ4n) is 3.32. The molecule has 0 bridgehead atoms. The molecule has 3 rings (SSSR count). The van der Waals surface area contributed by atoms with Gasteiger partial charge in [-0.25, -0.2) is 0 Å². The van der Waals surface area contributed by atoms with E-state index in [4.69, 9.17) is 0 Å². The van der Waals surface area contributed by atoms with Crippen molar-refractivity contribution in [3.8, 4) is 0 Å². The van der Waals surface area contributed by atoms with Crippen LogP contribution in [0.3, 0.4) is 0 Å². The van der Waals surface area contributed by atoms with Gasteiger partial charge in [0.1, 0.15) is 0 Å². The molecular weight excluding hydrogens is 258 g/mol. The molecule has 2 atom stereocenters. The Morgan fingerprint density at radius 3 is 2.90 bits per heavy atom. The molecule has 1 fully saturated rings. The first-order valence-electron chi connectivity index (χ1n) is 8.16. The largest absolute Gasteiger partial charge is 0.380 e. The third-order valence-corrected chi connectivity index (χ3v) is 4.55. The number of rotatable bonds is 5. The summed E-state index contributed by atoms with van der Waals surface area (Å²) in [5.74, 6) is 0.899. The fraction of sp³-hybridized carbons (Fsp3) is 0.500. The number of hydrogen-bond donors (Lipinski definition) is 1. The van der Waals surface area contributed by atoms with Crippen LogP contribution < -0.4 is 5.32 Å². The van der Waals surface area contributed by atoms with Crippen LogP contribution in [-0.4, -0.2) is 15.8 Å². The lowest BCUT2D eigenvalue weighted by atomic mass is 9.84. The van der Waals surface area contributed by atoms with Crippen LogP contribution in [0, 0.1) is 5.92 Å². The van der Waals surface area contributed by atoms with E-state index in [0.717, 1.165) is 18.2 Å². The van der Waals surface area contributed by atoms with Gasteiger partial charge in [-0.2, -0.15) is 5.10 Å². The van der Waals surface area contributed by atoms with Gasteiger partial charge >= 0.3 is 0 Å². The van der Waals surface area contributed by atoms with Crippen molar-refractivity contribution < 1.29 is 0 Å². The van der Waals surface area contributed by atoms with Crippen LogP contribution in [0.1, 0.15) is 44.6 Å². The Morgan fingerprint density at radius 2 is 2.10 bits per heavy atom. The molecule has 112 valence electrons. The zero-order chi connectivity index (χ0) is 14.5. The number of nitrogens with one attached hydrogen (secondary N) is 1. The highest BCUT2D eigenvalue weighted by atomic mass is 15.3. The lowest BCUT2D eigenvalue weighted by Gasteiger charge is -2.29. The Balaban J connectivity index is 1.57. The summed E-state index contributed by atoms with van der Waals surface area (Å²) in [7, 11) is 0. The Labute approximate surface area is 127 Å². The number of hydrogen-bond acceptors (Lipinski definition) is 2. The Morgan fingerprint density at radius 1 is 1.24 bits per heavy atom. The summed E-state index contributed by atoms with van der Waals surface area (Å²) in [6.45, 7) is 3.15. The van der Waals surface area contributed by atoms with E-state index in [1.54, 1.807) is 0 Å². The fourth-order valence-corrected chi connectivity index (χ4v) is 3.32. The highest BCUT2D eigenvalue weighted by molar-refractivity contribution is 5.39. The Kier molecular flexibility index (Phi) is 4.59. The van der Waals surface area contributed by atoms with Crippen LogP contribution in [0.5, 0.6) is 0 Å². The molecule has 1 aliphatic rings. The highest BCUT2D eigenvalue weighted by Crippen LogP contribution is 2.28. The van der Waals surface area contributed by atoms with Gasteiger partial charge < -0.3 is 5.32 Å². The van der Waals surface area contributed by atoms with Crippen LogP contribution in [0.2, 0.25) is 0 Å². The smallest absolute Gasteiger partial charge is 0.0728 e. The second-order valence-corrected chi connectivity index (χ2v) is 6.19. The number of aromatic nitrogens is 2. The van der Waals surface area contributed by atoms with Crippen LogP contribution >= 0.6 is 0 Å². The average molecular weight is 283 g/mol. The van der Waals surface area contributed by atoms with Crippen molar-refractivity contribution in [1.82, 2.24) is 9.78 Å². The van der Waals surface area contributed by atoms with Crippen molar-refractivity contribution in [3.63, 3.8) is 0 Å². The molecule has 1 saturated carbocycles. The summed E-state index contributed by atoms with van der Waals surface area (Å²) in [6, 6.07) is 11.1. The third-order valence-electron chi connectivity index (χ3n) is 4.55. The molecule has 2 aromatic rings. The average Bonchev–Trinajstić information content (AvgIpc) is 2.95. The Bertz CT molecular complexity index is 547. The van der Waals surface area contributed by atoms with Gasteiger partial charge in [-0.15, -0.1) is 0 Å². The first kappa shape index (κ1) is 14.2. The first-order chi connectivity index (χ1) is 10.3. The lowest BCUT2D eigenvalue weighted by Crippen LogP contribution is -2.26. The normalized spacial score (nSPS) is 22.1. The van der Waals surface area contributed by atoms with E-state index in [2.05, 4.69) is 47.8 Å². The van der Waals surface area contributed by atoms with Crippen molar-refractivity contribution >= 4 is 5.69 Å². The maximum atomic E-state index is 4.47. The number of nitrogens with zero attached hydrogens (tertiary/aromatic N) is 2. The summed E-state index contributed by atoms with van der Waals surface area (Å²) in [6.07, 6.45) is 10.8. The zero-order valence-electron chi connectivity index (χ0n) is 12.8. The third kappa shape index (κ3) is 3.87. The molecule has 0 saturated heterocycles. The van der Waals surface area contributed by atoms with E-state index in [1.165, 1.54) is 37.7 Å². The topological polar surface area (TPSA) is 29.9 Å². The molecule has 3 heteroatoms. The van der Waals surface area contributed by atoms with Crippen molar-refractivity contribution in [2.24, 2.45) is 5.92 Å². The van der Waals surface area contributed by atoms with Gasteiger partial charge in [0.15, 0.2) is 0 Å². The minimum absolute atomic E-state index is 0.623. The first-order valence-corrected chi connectivity index (χ1v) is 8.16.